The van der Waals surface area contributed by atoms with E-state index in [-0.39, 0.29) is 5.60 Å². The van der Waals surface area contributed by atoms with Crippen molar-refractivity contribution in [3.05, 3.63) is 29.8 Å². The monoisotopic (exact) mass is 233 g/mol. The average Bonchev–Trinajstić information content (AvgIpc) is 2.33. The summed E-state index contributed by atoms with van der Waals surface area (Å²) in [4.78, 5) is 13.0. The number of carbonyl (C=O) groups excluding carboxylic acids is 1. The van der Waals surface area contributed by atoms with Gasteiger partial charge in [-0.3, -0.25) is 4.79 Å². The molecule has 17 heavy (non-hydrogen) atoms. The summed E-state index contributed by atoms with van der Waals surface area (Å²) in [7, 11) is 0. The first-order valence-corrected chi connectivity index (χ1v) is 6.00. The van der Waals surface area contributed by atoms with Crippen LogP contribution in [0.2, 0.25) is 0 Å². The van der Waals surface area contributed by atoms with Gasteiger partial charge in [0.1, 0.15) is 6.29 Å². The summed E-state index contributed by atoms with van der Waals surface area (Å²) in [5.74, 6) is 0. The van der Waals surface area contributed by atoms with Crippen LogP contribution in [0.1, 0.15) is 31.1 Å². The quantitative estimate of drug-likeness (QED) is 0.735. The summed E-state index contributed by atoms with van der Waals surface area (Å²) in [5.41, 5.74) is 1.73. The van der Waals surface area contributed by atoms with E-state index >= 15 is 0 Å². The molecule has 2 rings (SSSR count). The van der Waals surface area contributed by atoms with Crippen LogP contribution in [-0.4, -0.2) is 31.1 Å². The highest BCUT2D eigenvalue weighted by Gasteiger charge is 2.35. The molecule has 1 saturated heterocycles. The number of ether oxygens (including phenoxy) is 1. The number of hydrogen-bond acceptors (Lipinski definition) is 3. The number of nitrogens with zero attached hydrogens (tertiary/aromatic N) is 1. The first-order chi connectivity index (χ1) is 8.04. The molecule has 0 aliphatic carbocycles. The van der Waals surface area contributed by atoms with E-state index in [0.29, 0.717) is 11.6 Å². The number of anilines is 1. The van der Waals surface area contributed by atoms with Gasteiger partial charge in [0.2, 0.25) is 0 Å². The molecule has 1 atom stereocenters. The van der Waals surface area contributed by atoms with E-state index in [9.17, 15) is 4.79 Å². The van der Waals surface area contributed by atoms with E-state index in [1.807, 2.05) is 24.3 Å². The highest BCUT2D eigenvalue weighted by molar-refractivity contribution is 5.75. The van der Waals surface area contributed by atoms with E-state index in [0.717, 1.165) is 25.1 Å². The Morgan fingerprint density at radius 2 is 2.00 bits per heavy atom. The van der Waals surface area contributed by atoms with Crippen molar-refractivity contribution >= 4 is 12.0 Å². The second-order valence-electron chi connectivity index (χ2n) is 5.03. The third-order valence-corrected chi connectivity index (χ3v) is 3.64. The van der Waals surface area contributed by atoms with Crippen molar-refractivity contribution in [3.63, 3.8) is 0 Å². The van der Waals surface area contributed by atoms with Crippen molar-refractivity contribution in [2.75, 3.05) is 18.1 Å². The second kappa shape index (κ2) is 4.49. The molecule has 0 N–H and O–H groups in total. The van der Waals surface area contributed by atoms with Crippen LogP contribution in [0.4, 0.5) is 5.69 Å². The molecule has 1 heterocycles. The van der Waals surface area contributed by atoms with Crippen LogP contribution >= 0.6 is 0 Å². The molecule has 1 aliphatic rings. The number of hydrogen-bond donors (Lipinski definition) is 0. The topological polar surface area (TPSA) is 29.5 Å². The van der Waals surface area contributed by atoms with Crippen LogP contribution in [0.15, 0.2) is 24.3 Å². The molecular weight excluding hydrogens is 214 g/mol. The summed E-state index contributed by atoms with van der Waals surface area (Å²) in [6, 6.07) is 8.04. The fraction of sp³-hybridized carbons (Fsp3) is 0.500. The highest BCUT2D eigenvalue weighted by Crippen LogP contribution is 2.29. The molecule has 0 saturated carbocycles. The molecule has 3 heteroatoms. The molecule has 0 bridgehead atoms. The van der Waals surface area contributed by atoms with Gasteiger partial charge in [-0.2, -0.15) is 0 Å². The van der Waals surface area contributed by atoms with Gasteiger partial charge in [0.05, 0.1) is 18.2 Å². The smallest absolute Gasteiger partial charge is 0.150 e. The second-order valence-corrected chi connectivity index (χ2v) is 5.03. The molecule has 1 aromatic rings. The van der Waals surface area contributed by atoms with Crippen LogP contribution in [0.5, 0.6) is 0 Å². The third kappa shape index (κ3) is 2.34. The van der Waals surface area contributed by atoms with Gasteiger partial charge in [-0.15, -0.1) is 0 Å². The van der Waals surface area contributed by atoms with Gasteiger partial charge in [-0.1, -0.05) is 0 Å². The number of rotatable bonds is 2. The molecular formula is C14H19NO2. The van der Waals surface area contributed by atoms with Crippen LogP contribution in [0.25, 0.3) is 0 Å². The van der Waals surface area contributed by atoms with Gasteiger partial charge < -0.3 is 9.64 Å². The summed E-state index contributed by atoms with van der Waals surface area (Å²) in [6.45, 7) is 8.04. The highest BCUT2D eigenvalue weighted by atomic mass is 16.5. The Balaban J connectivity index is 2.23. The fourth-order valence-electron chi connectivity index (χ4n) is 2.19. The van der Waals surface area contributed by atoms with Crippen LogP contribution < -0.4 is 4.90 Å². The zero-order chi connectivity index (χ0) is 12.5. The Morgan fingerprint density at radius 1 is 1.35 bits per heavy atom. The summed E-state index contributed by atoms with van der Waals surface area (Å²) >= 11 is 0. The molecule has 1 aromatic carbocycles. The van der Waals surface area contributed by atoms with Gasteiger partial charge in [-0.25, -0.2) is 0 Å². The lowest BCUT2D eigenvalue weighted by molar-refractivity contribution is -0.0529. The number of aldehydes is 1. The Bertz CT molecular complexity index is 397. The zero-order valence-electron chi connectivity index (χ0n) is 10.6. The average molecular weight is 233 g/mol. The first-order valence-electron chi connectivity index (χ1n) is 6.00. The summed E-state index contributed by atoms with van der Waals surface area (Å²) in [6.07, 6.45) is 0.871. The van der Waals surface area contributed by atoms with Crippen molar-refractivity contribution in [1.29, 1.82) is 0 Å². The minimum absolute atomic E-state index is 0.137. The summed E-state index contributed by atoms with van der Waals surface area (Å²) in [5, 5.41) is 0. The van der Waals surface area contributed by atoms with Crippen LogP contribution in [0, 0.1) is 0 Å². The van der Waals surface area contributed by atoms with Gasteiger partial charge in [0, 0.05) is 17.8 Å². The predicted molar refractivity (Wildman–Crippen MR) is 68.7 cm³/mol. The first kappa shape index (κ1) is 12.1. The van der Waals surface area contributed by atoms with Gasteiger partial charge in [-0.05, 0) is 45.0 Å². The van der Waals surface area contributed by atoms with Crippen molar-refractivity contribution < 1.29 is 9.53 Å². The lowest BCUT2D eigenvalue weighted by Gasteiger charge is -2.45. The molecule has 0 spiro atoms. The maximum absolute atomic E-state index is 10.6. The maximum Gasteiger partial charge on any atom is 0.150 e. The minimum Gasteiger partial charge on any atom is -0.372 e. The number of morpholine rings is 1. The van der Waals surface area contributed by atoms with Gasteiger partial charge >= 0.3 is 0 Å². The minimum atomic E-state index is -0.137. The van der Waals surface area contributed by atoms with E-state index in [1.54, 1.807) is 0 Å². The summed E-state index contributed by atoms with van der Waals surface area (Å²) < 4.78 is 5.78. The zero-order valence-corrected chi connectivity index (χ0v) is 10.6. The molecule has 92 valence electrons. The fourth-order valence-corrected chi connectivity index (χ4v) is 2.19. The molecule has 0 aromatic heterocycles. The Labute approximate surface area is 102 Å². The Morgan fingerprint density at radius 3 is 2.59 bits per heavy atom. The lowest BCUT2D eigenvalue weighted by atomic mass is 9.96. The maximum atomic E-state index is 10.6. The number of benzene rings is 1. The van der Waals surface area contributed by atoms with Crippen molar-refractivity contribution in [1.82, 2.24) is 0 Å². The third-order valence-electron chi connectivity index (χ3n) is 3.64. The molecule has 1 fully saturated rings. The van der Waals surface area contributed by atoms with Gasteiger partial charge in [0.25, 0.3) is 0 Å². The molecule has 1 unspecified atom stereocenters. The molecule has 1 aliphatic heterocycles. The lowest BCUT2D eigenvalue weighted by Crippen LogP contribution is -2.55. The normalized spacial score (nSPS) is 23.5. The van der Waals surface area contributed by atoms with Crippen LogP contribution in [0.3, 0.4) is 0 Å². The van der Waals surface area contributed by atoms with Crippen molar-refractivity contribution in [3.8, 4) is 0 Å². The SMILES string of the molecule is CC1N(c2ccc(C=O)cc2)CCOC1(C)C. The van der Waals surface area contributed by atoms with E-state index in [4.69, 9.17) is 4.74 Å². The van der Waals surface area contributed by atoms with Crippen LogP contribution in [-0.2, 0) is 4.74 Å². The largest absolute Gasteiger partial charge is 0.372 e. The van der Waals surface area contributed by atoms with E-state index in [2.05, 4.69) is 25.7 Å². The predicted octanol–water partition coefficient (Wildman–Crippen LogP) is 2.50. The Hall–Kier alpha value is -1.35. The Kier molecular flexibility index (Phi) is 3.20. The van der Waals surface area contributed by atoms with E-state index in [1.165, 1.54) is 0 Å². The molecule has 0 radical (unpaired) electrons. The molecule has 3 nitrogen and oxygen atoms in total. The number of carbonyl (C=O) groups is 1. The standard InChI is InChI=1S/C14H19NO2/c1-11-14(2,3)17-9-8-15(11)13-6-4-12(10-16)5-7-13/h4-7,10-11H,8-9H2,1-3H3. The molecule has 0 amide bonds. The van der Waals surface area contributed by atoms with Crippen molar-refractivity contribution in [2.45, 2.75) is 32.4 Å². The van der Waals surface area contributed by atoms with Gasteiger partial charge in [0.15, 0.2) is 0 Å². The van der Waals surface area contributed by atoms with E-state index < -0.39 is 0 Å². The van der Waals surface area contributed by atoms with Crippen molar-refractivity contribution in [2.24, 2.45) is 0 Å².